The van der Waals surface area contributed by atoms with Crippen molar-refractivity contribution in [3.05, 3.63) is 24.3 Å². The second-order valence-corrected chi connectivity index (χ2v) is 11.9. The van der Waals surface area contributed by atoms with Crippen LogP contribution in [0.25, 0.3) is 0 Å². The van der Waals surface area contributed by atoms with E-state index < -0.39 is 6.10 Å². The minimum absolute atomic E-state index is 0.0712. The number of carbonyl (C=O) groups is 2. The van der Waals surface area contributed by atoms with Crippen molar-refractivity contribution in [1.82, 2.24) is 0 Å². The number of esters is 2. The Balaban J connectivity index is 3.59. The zero-order chi connectivity index (χ0) is 30.8. The van der Waals surface area contributed by atoms with Crippen molar-refractivity contribution in [3.8, 4) is 0 Å². The molecule has 0 spiro atoms. The van der Waals surface area contributed by atoms with Crippen LogP contribution in [0.15, 0.2) is 24.3 Å². The van der Waals surface area contributed by atoms with Crippen molar-refractivity contribution in [2.75, 3.05) is 13.2 Å². The molecule has 0 amide bonds. The minimum Gasteiger partial charge on any atom is -0.462 e. The highest BCUT2D eigenvalue weighted by molar-refractivity contribution is 5.70. The van der Waals surface area contributed by atoms with Crippen LogP contribution in [-0.2, 0) is 19.1 Å². The molecule has 0 aromatic carbocycles. The number of hydrogen-bond donors (Lipinski definition) is 1. The molecule has 0 heterocycles. The predicted octanol–water partition coefficient (Wildman–Crippen LogP) is 10.7. The van der Waals surface area contributed by atoms with Crippen LogP contribution in [0.2, 0.25) is 0 Å². The highest BCUT2D eigenvalue weighted by Gasteiger charge is 2.16. The van der Waals surface area contributed by atoms with Crippen LogP contribution in [0.1, 0.15) is 181 Å². The smallest absolute Gasteiger partial charge is 0.306 e. The van der Waals surface area contributed by atoms with Gasteiger partial charge in [0.15, 0.2) is 6.10 Å². The van der Waals surface area contributed by atoms with Crippen LogP contribution in [0.5, 0.6) is 0 Å². The van der Waals surface area contributed by atoms with E-state index >= 15 is 0 Å². The molecule has 1 atom stereocenters. The molecular weight excluding hydrogens is 524 g/mol. The summed E-state index contributed by atoms with van der Waals surface area (Å²) < 4.78 is 10.6. The molecule has 0 saturated carbocycles. The van der Waals surface area contributed by atoms with E-state index in [4.69, 9.17) is 9.47 Å². The Hall–Kier alpha value is -1.62. The molecule has 42 heavy (non-hydrogen) atoms. The summed E-state index contributed by atoms with van der Waals surface area (Å²) in [5.41, 5.74) is 0. The highest BCUT2D eigenvalue weighted by Crippen LogP contribution is 2.12. The molecule has 0 bridgehead atoms. The summed E-state index contributed by atoms with van der Waals surface area (Å²) in [6, 6.07) is 0. The first-order valence-electron chi connectivity index (χ1n) is 17.9. The average molecular weight is 593 g/mol. The number of aliphatic hydroxyl groups is 1. The molecule has 0 fully saturated rings. The van der Waals surface area contributed by atoms with Gasteiger partial charge in [-0.25, -0.2) is 0 Å². The van der Waals surface area contributed by atoms with Crippen LogP contribution in [0, 0.1) is 0 Å². The zero-order valence-corrected chi connectivity index (χ0v) is 27.8. The van der Waals surface area contributed by atoms with E-state index in [1.54, 1.807) is 0 Å². The Labute approximate surface area is 260 Å². The fourth-order valence-corrected chi connectivity index (χ4v) is 4.95. The third-order valence-corrected chi connectivity index (χ3v) is 7.72. The van der Waals surface area contributed by atoms with Crippen molar-refractivity contribution in [2.24, 2.45) is 0 Å². The predicted molar refractivity (Wildman–Crippen MR) is 178 cm³/mol. The minimum atomic E-state index is -0.774. The van der Waals surface area contributed by atoms with Gasteiger partial charge in [0.25, 0.3) is 0 Å². The lowest BCUT2D eigenvalue weighted by molar-refractivity contribution is -0.161. The molecule has 0 aliphatic carbocycles. The lowest BCUT2D eigenvalue weighted by Crippen LogP contribution is -2.28. The zero-order valence-electron chi connectivity index (χ0n) is 27.8. The Morgan fingerprint density at radius 2 is 0.881 bits per heavy atom. The molecule has 0 aliphatic heterocycles. The number of unbranched alkanes of at least 4 members (excludes halogenated alkanes) is 20. The highest BCUT2D eigenvalue weighted by atomic mass is 16.6. The van der Waals surface area contributed by atoms with Crippen LogP contribution in [0.4, 0.5) is 0 Å². The van der Waals surface area contributed by atoms with Crippen molar-refractivity contribution >= 4 is 11.9 Å². The molecule has 246 valence electrons. The summed E-state index contributed by atoms with van der Waals surface area (Å²) >= 11 is 0. The summed E-state index contributed by atoms with van der Waals surface area (Å²) in [6.45, 7) is 4.09. The first kappa shape index (κ1) is 40.4. The van der Waals surface area contributed by atoms with Crippen molar-refractivity contribution in [3.63, 3.8) is 0 Å². The van der Waals surface area contributed by atoms with Gasteiger partial charge in [0.05, 0.1) is 6.61 Å². The third-order valence-electron chi connectivity index (χ3n) is 7.72. The van der Waals surface area contributed by atoms with Gasteiger partial charge in [0, 0.05) is 12.8 Å². The average Bonchev–Trinajstić information content (AvgIpc) is 2.99. The normalized spacial score (nSPS) is 12.4. The van der Waals surface area contributed by atoms with E-state index in [0.29, 0.717) is 12.8 Å². The van der Waals surface area contributed by atoms with Gasteiger partial charge in [-0.15, -0.1) is 0 Å². The van der Waals surface area contributed by atoms with Gasteiger partial charge in [0.2, 0.25) is 0 Å². The lowest BCUT2D eigenvalue weighted by Gasteiger charge is -2.15. The first-order valence-corrected chi connectivity index (χ1v) is 17.9. The van der Waals surface area contributed by atoms with E-state index in [-0.39, 0.29) is 25.2 Å². The van der Waals surface area contributed by atoms with Crippen molar-refractivity contribution in [1.29, 1.82) is 0 Å². The van der Waals surface area contributed by atoms with E-state index in [1.807, 2.05) is 0 Å². The van der Waals surface area contributed by atoms with Gasteiger partial charge in [0.1, 0.15) is 6.61 Å². The Morgan fingerprint density at radius 3 is 1.31 bits per heavy atom. The van der Waals surface area contributed by atoms with Crippen LogP contribution in [-0.4, -0.2) is 36.4 Å². The summed E-state index contributed by atoms with van der Waals surface area (Å²) in [5.74, 6) is -0.609. The second kappa shape index (κ2) is 33.9. The van der Waals surface area contributed by atoms with E-state index in [0.717, 1.165) is 51.4 Å². The summed E-state index contributed by atoms with van der Waals surface area (Å²) in [4.78, 5) is 24.1. The van der Waals surface area contributed by atoms with Gasteiger partial charge in [-0.3, -0.25) is 9.59 Å². The largest absolute Gasteiger partial charge is 0.462 e. The van der Waals surface area contributed by atoms with Crippen LogP contribution < -0.4 is 0 Å². The summed E-state index contributed by atoms with van der Waals surface area (Å²) in [6.07, 6.45) is 38.0. The van der Waals surface area contributed by atoms with Crippen molar-refractivity contribution in [2.45, 2.75) is 187 Å². The van der Waals surface area contributed by atoms with Crippen LogP contribution >= 0.6 is 0 Å². The second-order valence-electron chi connectivity index (χ2n) is 11.9. The molecule has 0 saturated heterocycles. The molecule has 0 aromatic rings. The maximum absolute atomic E-state index is 12.1. The maximum atomic E-state index is 12.1. The number of rotatable bonds is 32. The molecule has 0 unspecified atom stereocenters. The molecule has 0 rings (SSSR count). The Bertz CT molecular complexity index is 642. The molecule has 1 N–H and O–H groups in total. The summed E-state index contributed by atoms with van der Waals surface area (Å²) in [5, 5.41) is 9.51. The van der Waals surface area contributed by atoms with Crippen molar-refractivity contribution < 1.29 is 24.2 Å². The standard InChI is InChI=1S/C37H68O5/c1-3-5-7-9-11-13-15-17-18-20-21-23-25-27-29-31-36(39)41-34-35(33-38)42-37(40)32-30-28-26-24-22-19-16-14-12-10-8-6-4-2/h14,16-18,35,38H,3-13,15,19-34H2,1-2H3/t35-/m0/s1. The van der Waals surface area contributed by atoms with E-state index in [2.05, 4.69) is 38.2 Å². The molecule has 0 aliphatic rings. The number of carbonyl (C=O) groups excluding carboxylic acids is 2. The quantitative estimate of drug-likeness (QED) is 0.0478. The fourth-order valence-electron chi connectivity index (χ4n) is 4.95. The van der Waals surface area contributed by atoms with Gasteiger partial charge in [-0.05, 0) is 64.2 Å². The number of allylic oxidation sites excluding steroid dienone is 4. The Morgan fingerprint density at radius 1 is 0.524 bits per heavy atom. The van der Waals surface area contributed by atoms with Gasteiger partial charge in [-0.1, -0.05) is 128 Å². The molecule has 0 aromatic heterocycles. The fraction of sp³-hybridized carbons (Fsp3) is 0.838. The SMILES string of the molecule is CCCCCCC=CCCCCCCCC(=O)O[C@@H](CO)COC(=O)CCCCCCCC=CCCCCCCCC. The topological polar surface area (TPSA) is 72.8 Å². The van der Waals surface area contributed by atoms with E-state index in [1.165, 1.54) is 103 Å². The number of hydrogen-bond acceptors (Lipinski definition) is 5. The van der Waals surface area contributed by atoms with Gasteiger partial charge < -0.3 is 14.6 Å². The first-order chi connectivity index (χ1) is 20.6. The lowest BCUT2D eigenvalue weighted by atomic mass is 10.1. The molecular formula is C37H68O5. The third kappa shape index (κ3) is 31.3. The monoisotopic (exact) mass is 593 g/mol. The van der Waals surface area contributed by atoms with E-state index in [9.17, 15) is 14.7 Å². The van der Waals surface area contributed by atoms with Gasteiger partial charge >= 0.3 is 11.9 Å². The van der Waals surface area contributed by atoms with Crippen LogP contribution in [0.3, 0.4) is 0 Å². The molecule has 0 radical (unpaired) electrons. The summed E-state index contributed by atoms with van der Waals surface area (Å²) in [7, 11) is 0. The molecule has 5 heteroatoms. The molecule has 5 nitrogen and oxygen atoms in total. The number of ether oxygens (including phenoxy) is 2. The maximum Gasteiger partial charge on any atom is 0.306 e. The number of aliphatic hydroxyl groups excluding tert-OH is 1. The Kier molecular flexibility index (Phi) is 32.6. The van der Waals surface area contributed by atoms with Gasteiger partial charge in [-0.2, -0.15) is 0 Å².